The Balaban J connectivity index is 2.17. The van der Waals surface area contributed by atoms with Crippen molar-refractivity contribution in [3.8, 4) is 0 Å². The van der Waals surface area contributed by atoms with Crippen LogP contribution in [0, 0.1) is 11.6 Å². The fraction of sp³-hybridized carbons (Fsp3) is 0.412. The number of likely N-dealkylation sites (N-methyl/N-ethyl adjacent to an activating group) is 1. The normalized spacial score (nSPS) is 15.8. The lowest BCUT2D eigenvalue weighted by atomic mass is 10.1. The minimum absolute atomic E-state index is 0.251. The van der Waals surface area contributed by atoms with Crippen LogP contribution in [-0.2, 0) is 4.74 Å². The number of nitrogens with one attached hydrogen (secondary N) is 2. The summed E-state index contributed by atoms with van der Waals surface area (Å²) >= 11 is 0. The van der Waals surface area contributed by atoms with Crippen LogP contribution in [0.5, 0.6) is 0 Å². The van der Waals surface area contributed by atoms with E-state index >= 15 is 0 Å². The summed E-state index contributed by atoms with van der Waals surface area (Å²) in [4.78, 5) is 18.6. The van der Waals surface area contributed by atoms with Gasteiger partial charge in [-0.3, -0.25) is 0 Å². The van der Waals surface area contributed by atoms with E-state index in [1.165, 1.54) is 11.1 Å². The standard InChI is InChI=1S/C17H19F2N3O2/c1-3-24-17(23)12-10-20-15-9-14(19)13(18)8-11(15)16(12)22-6-4-21(2)5-7-22/h8-10H,3-7H2,1-2H3/p+2. The maximum absolute atomic E-state index is 13.8. The van der Waals surface area contributed by atoms with Crippen LogP contribution in [0.3, 0.4) is 0 Å². The van der Waals surface area contributed by atoms with Crippen molar-refractivity contribution in [2.75, 3.05) is 44.7 Å². The molecule has 5 nitrogen and oxygen atoms in total. The molecule has 1 fully saturated rings. The van der Waals surface area contributed by atoms with Crippen molar-refractivity contribution in [1.29, 1.82) is 0 Å². The minimum Gasteiger partial charge on any atom is -0.462 e. The number of benzene rings is 1. The molecule has 2 N–H and O–H groups in total. The number of halogens is 2. The highest BCUT2D eigenvalue weighted by molar-refractivity contribution is 6.04. The molecule has 1 saturated heterocycles. The molecule has 0 aliphatic carbocycles. The third-order valence-corrected chi connectivity index (χ3v) is 4.37. The lowest BCUT2D eigenvalue weighted by molar-refractivity contribution is -0.880. The fourth-order valence-corrected chi connectivity index (χ4v) is 3.04. The molecule has 2 aromatic rings. The van der Waals surface area contributed by atoms with Crippen LogP contribution in [0.1, 0.15) is 17.3 Å². The summed E-state index contributed by atoms with van der Waals surface area (Å²) in [5.74, 6) is -2.32. The fourth-order valence-electron chi connectivity index (χ4n) is 3.04. The van der Waals surface area contributed by atoms with Crippen LogP contribution >= 0.6 is 0 Å². The molecule has 7 heteroatoms. The van der Waals surface area contributed by atoms with Gasteiger partial charge < -0.3 is 14.5 Å². The molecule has 3 rings (SSSR count). The first-order chi connectivity index (χ1) is 11.5. The number of hydrogen-bond acceptors (Lipinski definition) is 3. The molecule has 2 heterocycles. The van der Waals surface area contributed by atoms with Gasteiger partial charge in [0.25, 0.3) is 0 Å². The molecule has 0 amide bonds. The van der Waals surface area contributed by atoms with Crippen LogP contribution in [-0.4, -0.2) is 45.8 Å². The molecule has 0 atom stereocenters. The molecule has 128 valence electrons. The van der Waals surface area contributed by atoms with Gasteiger partial charge in [0.1, 0.15) is 5.56 Å². The maximum Gasteiger partial charge on any atom is 0.346 e. The first-order valence-electron chi connectivity index (χ1n) is 8.08. The van der Waals surface area contributed by atoms with Gasteiger partial charge in [0.05, 0.1) is 50.9 Å². The van der Waals surface area contributed by atoms with Gasteiger partial charge in [0.2, 0.25) is 5.52 Å². The summed E-state index contributed by atoms with van der Waals surface area (Å²) in [5.41, 5.74) is 1.40. The Kier molecular flexibility index (Phi) is 4.62. The van der Waals surface area contributed by atoms with Gasteiger partial charge in [-0.05, 0) is 13.0 Å². The molecule has 0 bridgehead atoms. The summed E-state index contributed by atoms with van der Waals surface area (Å²) in [7, 11) is 2.11. The Morgan fingerprint density at radius 2 is 1.96 bits per heavy atom. The van der Waals surface area contributed by atoms with Crippen molar-refractivity contribution in [3.05, 3.63) is 35.5 Å². The van der Waals surface area contributed by atoms with Crippen LogP contribution < -0.4 is 14.8 Å². The number of piperazine rings is 1. The van der Waals surface area contributed by atoms with Gasteiger partial charge in [0, 0.05) is 6.07 Å². The third-order valence-electron chi connectivity index (χ3n) is 4.37. The van der Waals surface area contributed by atoms with Crippen LogP contribution in [0.15, 0.2) is 18.3 Å². The van der Waals surface area contributed by atoms with E-state index in [0.29, 0.717) is 22.2 Å². The largest absolute Gasteiger partial charge is 0.462 e. The second-order valence-corrected chi connectivity index (χ2v) is 6.03. The maximum atomic E-state index is 13.8. The lowest BCUT2D eigenvalue weighted by Gasteiger charge is -2.32. The minimum atomic E-state index is -0.932. The third kappa shape index (κ3) is 3.03. The summed E-state index contributed by atoms with van der Waals surface area (Å²) in [5, 5.41) is 0.485. The van der Waals surface area contributed by atoms with Crippen molar-refractivity contribution >= 4 is 22.6 Å². The topological polar surface area (TPSA) is 48.1 Å². The SMILES string of the molecule is CCOC(=O)c1c[nH+]c2cc(F)c(F)cc2c1N1CC[NH+](C)CC1. The van der Waals surface area contributed by atoms with Crippen molar-refractivity contribution in [2.24, 2.45) is 0 Å². The Morgan fingerprint density at radius 3 is 2.62 bits per heavy atom. The molecule has 1 aliphatic rings. The van der Waals surface area contributed by atoms with E-state index in [1.54, 1.807) is 6.92 Å². The number of esters is 1. The van der Waals surface area contributed by atoms with Gasteiger partial charge in [0.15, 0.2) is 17.8 Å². The van der Waals surface area contributed by atoms with Gasteiger partial charge >= 0.3 is 5.97 Å². The van der Waals surface area contributed by atoms with Crippen LogP contribution in [0.2, 0.25) is 0 Å². The molecular weight excluding hydrogens is 316 g/mol. The number of anilines is 1. The molecule has 0 saturated carbocycles. The van der Waals surface area contributed by atoms with E-state index in [1.807, 2.05) is 4.90 Å². The highest BCUT2D eigenvalue weighted by Crippen LogP contribution is 2.30. The second kappa shape index (κ2) is 6.68. The van der Waals surface area contributed by atoms with Gasteiger partial charge in [-0.15, -0.1) is 0 Å². The highest BCUT2D eigenvalue weighted by atomic mass is 19.2. The number of aromatic amines is 1. The number of pyridine rings is 1. The van der Waals surface area contributed by atoms with Crippen molar-refractivity contribution in [3.63, 3.8) is 0 Å². The predicted octanol–water partition coefficient (Wildman–Crippen LogP) is 0.444. The Morgan fingerprint density at radius 1 is 1.29 bits per heavy atom. The first kappa shape index (κ1) is 16.6. The summed E-state index contributed by atoms with van der Waals surface area (Å²) in [6.45, 7) is 5.27. The number of aromatic nitrogens is 1. The monoisotopic (exact) mass is 337 g/mol. The van der Waals surface area contributed by atoms with Gasteiger partial charge in [-0.1, -0.05) is 0 Å². The Bertz CT molecular complexity index is 774. The zero-order chi connectivity index (χ0) is 17.3. The van der Waals surface area contributed by atoms with Crippen LogP contribution in [0.4, 0.5) is 14.5 Å². The van der Waals surface area contributed by atoms with Crippen molar-refractivity contribution < 1.29 is 28.2 Å². The van der Waals surface area contributed by atoms with Crippen molar-refractivity contribution in [1.82, 2.24) is 0 Å². The number of carbonyl (C=O) groups excluding carboxylic acids is 1. The molecule has 1 aromatic heterocycles. The van der Waals surface area contributed by atoms with Crippen LogP contribution in [0.25, 0.3) is 10.9 Å². The molecule has 0 unspecified atom stereocenters. The van der Waals surface area contributed by atoms with E-state index in [0.717, 1.165) is 38.3 Å². The Hall–Kier alpha value is -2.28. The summed E-state index contributed by atoms with van der Waals surface area (Å²) in [6.07, 6.45) is 1.51. The van der Waals surface area contributed by atoms with E-state index in [2.05, 4.69) is 12.0 Å². The number of fused-ring (bicyclic) bond motifs is 1. The molecular formula is C17H21F2N3O2+2. The van der Waals surface area contributed by atoms with E-state index in [-0.39, 0.29) is 6.61 Å². The summed E-state index contributed by atoms with van der Waals surface area (Å²) < 4.78 is 32.5. The molecule has 24 heavy (non-hydrogen) atoms. The number of rotatable bonds is 3. The summed E-state index contributed by atoms with van der Waals surface area (Å²) in [6, 6.07) is 2.26. The molecule has 1 aliphatic heterocycles. The molecule has 0 spiro atoms. The quantitative estimate of drug-likeness (QED) is 0.827. The number of nitrogens with zero attached hydrogens (tertiary/aromatic N) is 1. The number of hydrogen-bond donors (Lipinski definition) is 1. The average molecular weight is 337 g/mol. The van der Waals surface area contributed by atoms with Gasteiger partial charge in [-0.25, -0.2) is 18.6 Å². The predicted molar refractivity (Wildman–Crippen MR) is 85.2 cm³/mol. The number of carbonyl (C=O) groups is 1. The van der Waals surface area contributed by atoms with Crippen molar-refractivity contribution in [2.45, 2.75) is 6.92 Å². The smallest absolute Gasteiger partial charge is 0.346 e. The molecule has 0 radical (unpaired) electrons. The first-order valence-corrected chi connectivity index (χ1v) is 8.08. The Labute approximate surface area is 138 Å². The van der Waals surface area contributed by atoms with E-state index in [9.17, 15) is 13.6 Å². The highest BCUT2D eigenvalue weighted by Gasteiger charge is 2.28. The zero-order valence-corrected chi connectivity index (χ0v) is 13.8. The van der Waals surface area contributed by atoms with E-state index < -0.39 is 17.6 Å². The number of H-pyrrole nitrogens is 1. The average Bonchev–Trinajstić information content (AvgIpc) is 2.56. The second-order valence-electron chi connectivity index (χ2n) is 6.03. The van der Waals surface area contributed by atoms with E-state index in [4.69, 9.17) is 4.74 Å². The van der Waals surface area contributed by atoms with Gasteiger partial charge in [-0.2, -0.15) is 0 Å². The lowest BCUT2D eigenvalue weighted by Crippen LogP contribution is -3.12. The number of ether oxygens (including phenoxy) is 1. The molecule has 1 aromatic carbocycles. The number of quaternary nitrogens is 1. The zero-order valence-electron chi connectivity index (χ0n) is 13.8.